The van der Waals surface area contributed by atoms with E-state index in [2.05, 4.69) is 22.6 Å². The van der Waals surface area contributed by atoms with Gasteiger partial charge in [-0.2, -0.15) is 0 Å². The van der Waals surface area contributed by atoms with E-state index in [9.17, 15) is 5.11 Å². The highest BCUT2D eigenvalue weighted by Crippen LogP contribution is 2.18. The van der Waals surface area contributed by atoms with Crippen LogP contribution in [0.4, 0.5) is 0 Å². The maximum absolute atomic E-state index is 9.39. The van der Waals surface area contributed by atoms with Gasteiger partial charge in [-0.15, -0.1) is 0 Å². The highest BCUT2D eigenvalue weighted by Gasteiger charge is 2.04. The molecule has 0 amide bonds. The minimum atomic E-state index is -0.394. The predicted octanol–water partition coefficient (Wildman–Crippen LogP) is 2.81. The number of aliphatic hydroxyl groups is 1. The topological polar surface area (TPSA) is 20.2 Å². The van der Waals surface area contributed by atoms with Crippen LogP contribution in [0.3, 0.4) is 0 Å². The number of alkyl halides is 1. The van der Waals surface area contributed by atoms with E-state index >= 15 is 0 Å². The van der Waals surface area contributed by atoms with Crippen LogP contribution in [0.5, 0.6) is 0 Å². The lowest BCUT2D eigenvalue weighted by Crippen LogP contribution is -1.96. The van der Waals surface area contributed by atoms with Crippen molar-refractivity contribution in [2.24, 2.45) is 0 Å². The molecule has 0 aliphatic rings. The van der Waals surface area contributed by atoms with Gasteiger partial charge in [0.1, 0.15) is 0 Å². The van der Waals surface area contributed by atoms with Gasteiger partial charge in [-0.25, -0.2) is 0 Å². The fourth-order valence-corrected chi connectivity index (χ4v) is 1.51. The van der Waals surface area contributed by atoms with Crippen molar-refractivity contribution >= 4 is 34.2 Å². The van der Waals surface area contributed by atoms with E-state index < -0.39 is 6.10 Å². The highest BCUT2D eigenvalue weighted by atomic mass is 127. The Morgan fingerprint density at radius 3 is 2.82 bits per heavy atom. The molecule has 0 saturated heterocycles. The molecule has 1 aromatic rings. The van der Waals surface area contributed by atoms with Crippen molar-refractivity contribution in [3.63, 3.8) is 0 Å². The van der Waals surface area contributed by atoms with Crippen molar-refractivity contribution in [2.75, 3.05) is 4.43 Å². The fourth-order valence-electron chi connectivity index (χ4n) is 0.803. The molecule has 0 aliphatic heterocycles. The van der Waals surface area contributed by atoms with Gasteiger partial charge in [-0.1, -0.05) is 46.3 Å². The van der Waals surface area contributed by atoms with Gasteiger partial charge in [-0.05, 0) is 17.7 Å². The molecule has 0 bridgehead atoms. The molecule has 0 fully saturated rings. The minimum absolute atomic E-state index is 0.394. The summed E-state index contributed by atoms with van der Waals surface area (Å²) in [5.41, 5.74) is 0.881. The van der Waals surface area contributed by atoms with Crippen molar-refractivity contribution in [1.82, 2.24) is 0 Å². The summed E-state index contributed by atoms with van der Waals surface area (Å²) in [5.74, 6) is 0. The molecule has 0 aromatic heterocycles. The lowest BCUT2D eigenvalue weighted by molar-refractivity contribution is 0.207. The molecule has 60 valence electrons. The second-order valence-electron chi connectivity index (χ2n) is 2.23. The van der Waals surface area contributed by atoms with E-state index in [1.807, 2.05) is 12.1 Å². The van der Waals surface area contributed by atoms with Gasteiger partial charge in [0.15, 0.2) is 0 Å². The number of rotatable bonds is 2. The Morgan fingerprint density at radius 2 is 2.27 bits per heavy atom. The van der Waals surface area contributed by atoms with Crippen molar-refractivity contribution in [3.05, 3.63) is 34.9 Å². The molecule has 1 atom stereocenters. The van der Waals surface area contributed by atoms with E-state index in [1.165, 1.54) is 0 Å². The molecule has 1 aromatic carbocycles. The Kier molecular flexibility index (Phi) is 3.62. The monoisotopic (exact) mass is 282 g/mol. The molecule has 11 heavy (non-hydrogen) atoms. The first-order valence-electron chi connectivity index (χ1n) is 3.23. The third-order valence-corrected chi connectivity index (χ3v) is 2.45. The van der Waals surface area contributed by atoms with Crippen LogP contribution in [0.2, 0.25) is 5.02 Å². The van der Waals surface area contributed by atoms with Crippen LogP contribution in [-0.4, -0.2) is 9.53 Å². The van der Waals surface area contributed by atoms with Crippen LogP contribution in [0, 0.1) is 0 Å². The van der Waals surface area contributed by atoms with Crippen LogP contribution >= 0.6 is 34.2 Å². The molecular formula is C8H8ClIO. The normalized spacial score (nSPS) is 13.0. The molecule has 3 heteroatoms. The van der Waals surface area contributed by atoms with E-state index in [1.54, 1.807) is 12.1 Å². The third-order valence-electron chi connectivity index (χ3n) is 1.38. The predicted molar refractivity (Wildman–Crippen MR) is 55.3 cm³/mol. The summed E-state index contributed by atoms with van der Waals surface area (Å²) < 4.78 is 0.693. The molecular weight excluding hydrogens is 274 g/mol. The van der Waals surface area contributed by atoms with Crippen molar-refractivity contribution in [3.8, 4) is 0 Å². The minimum Gasteiger partial charge on any atom is -0.388 e. The smallest absolute Gasteiger partial charge is 0.0879 e. The van der Waals surface area contributed by atoms with Crippen LogP contribution < -0.4 is 0 Å². The zero-order valence-electron chi connectivity index (χ0n) is 5.80. The average molecular weight is 283 g/mol. The summed E-state index contributed by atoms with van der Waals surface area (Å²) in [7, 11) is 0. The van der Waals surface area contributed by atoms with Gasteiger partial charge in [-0.3, -0.25) is 0 Å². The summed E-state index contributed by atoms with van der Waals surface area (Å²) in [6.07, 6.45) is -0.394. The van der Waals surface area contributed by atoms with E-state index in [-0.39, 0.29) is 0 Å². The van der Waals surface area contributed by atoms with Gasteiger partial charge < -0.3 is 5.11 Å². The van der Waals surface area contributed by atoms with Gasteiger partial charge >= 0.3 is 0 Å². The summed E-state index contributed by atoms with van der Waals surface area (Å²) in [6, 6.07) is 7.29. The average Bonchev–Trinajstić information content (AvgIpc) is 2.03. The number of aliphatic hydroxyl groups excluding tert-OH is 1. The Hall–Kier alpha value is 0.200. The van der Waals surface area contributed by atoms with Crippen LogP contribution in [-0.2, 0) is 0 Å². The van der Waals surface area contributed by atoms with Crippen molar-refractivity contribution < 1.29 is 5.11 Å². The SMILES string of the molecule is OC(CI)c1cccc(Cl)c1. The van der Waals surface area contributed by atoms with Crippen LogP contribution in [0.25, 0.3) is 0 Å². The first kappa shape index (κ1) is 9.29. The second-order valence-corrected chi connectivity index (χ2v) is 3.54. The quantitative estimate of drug-likeness (QED) is 0.653. The van der Waals surface area contributed by atoms with Crippen LogP contribution in [0.1, 0.15) is 11.7 Å². The molecule has 0 heterocycles. The molecule has 0 aliphatic carbocycles. The Balaban J connectivity index is 2.86. The maximum atomic E-state index is 9.39. The lowest BCUT2D eigenvalue weighted by atomic mass is 10.1. The largest absolute Gasteiger partial charge is 0.388 e. The number of hydrogen-bond acceptors (Lipinski definition) is 1. The number of hydrogen-bond donors (Lipinski definition) is 1. The highest BCUT2D eigenvalue weighted by molar-refractivity contribution is 14.1. The van der Waals surface area contributed by atoms with Gasteiger partial charge in [0.05, 0.1) is 6.10 Å². The summed E-state index contributed by atoms with van der Waals surface area (Å²) in [5, 5.41) is 10.1. The Bertz CT molecular complexity index is 239. The molecule has 1 nitrogen and oxygen atoms in total. The van der Waals surface area contributed by atoms with Crippen LogP contribution in [0.15, 0.2) is 24.3 Å². The Labute approximate surface area is 84.5 Å². The molecule has 0 spiro atoms. The summed E-state index contributed by atoms with van der Waals surface area (Å²) >= 11 is 7.87. The zero-order valence-corrected chi connectivity index (χ0v) is 8.71. The molecule has 1 unspecified atom stereocenters. The second kappa shape index (κ2) is 4.28. The summed E-state index contributed by atoms with van der Waals surface area (Å²) in [4.78, 5) is 0. The Morgan fingerprint density at radius 1 is 1.55 bits per heavy atom. The number of halogens is 2. The van der Waals surface area contributed by atoms with Crippen molar-refractivity contribution in [1.29, 1.82) is 0 Å². The van der Waals surface area contributed by atoms with Gasteiger partial charge in [0.2, 0.25) is 0 Å². The van der Waals surface area contributed by atoms with Gasteiger partial charge in [0, 0.05) is 9.45 Å². The fraction of sp³-hybridized carbons (Fsp3) is 0.250. The first-order valence-corrected chi connectivity index (χ1v) is 5.14. The number of benzene rings is 1. The lowest BCUT2D eigenvalue weighted by Gasteiger charge is -2.06. The molecule has 1 rings (SSSR count). The molecule has 0 saturated carbocycles. The van der Waals surface area contributed by atoms with E-state index in [0.29, 0.717) is 9.45 Å². The summed E-state index contributed by atoms with van der Waals surface area (Å²) in [6.45, 7) is 0. The van der Waals surface area contributed by atoms with E-state index in [0.717, 1.165) is 5.56 Å². The first-order chi connectivity index (χ1) is 5.24. The van der Waals surface area contributed by atoms with Gasteiger partial charge in [0.25, 0.3) is 0 Å². The zero-order chi connectivity index (χ0) is 8.27. The third kappa shape index (κ3) is 2.61. The maximum Gasteiger partial charge on any atom is 0.0879 e. The van der Waals surface area contributed by atoms with Crippen molar-refractivity contribution in [2.45, 2.75) is 6.10 Å². The van der Waals surface area contributed by atoms with E-state index in [4.69, 9.17) is 11.6 Å². The standard InChI is InChI=1S/C8H8ClIO/c9-7-3-1-2-6(4-7)8(11)5-10/h1-4,8,11H,5H2. The molecule has 1 N–H and O–H groups in total. The molecule has 0 radical (unpaired) electrons.